The summed E-state index contributed by atoms with van der Waals surface area (Å²) in [7, 11) is 1.61. The number of hydrogen-bond donors (Lipinski definition) is 0. The van der Waals surface area contributed by atoms with Crippen LogP contribution in [-0.4, -0.2) is 55.7 Å². The van der Waals surface area contributed by atoms with Crippen LogP contribution in [-0.2, 0) is 30.4 Å². The summed E-state index contributed by atoms with van der Waals surface area (Å²) < 4.78 is 44.8. The van der Waals surface area contributed by atoms with E-state index in [-0.39, 0.29) is 30.4 Å². The summed E-state index contributed by atoms with van der Waals surface area (Å²) in [5, 5.41) is 5.57. The number of carbonyl (C=O) groups excluding carboxylic acids is 2. The fourth-order valence-corrected chi connectivity index (χ4v) is 6.43. The number of amides is 2. The van der Waals surface area contributed by atoms with Crippen molar-refractivity contribution in [1.29, 1.82) is 0 Å². The maximum Gasteiger partial charge on any atom is 0.419 e. The van der Waals surface area contributed by atoms with Gasteiger partial charge in [-0.1, -0.05) is 48.0 Å². The Bertz CT molecular complexity index is 1920. The third-order valence-corrected chi connectivity index (χ3v) is 8.62. The second-order valence-electron chi connectivity index (χ2n) is 10.7. The van der Waals surface area contributed by atoms with Gasteiger partial charge in [0.25, 0.3) is 5.91 Å². The van der Waals surface area contributed by atoms with Crippen molar-refractivity contribution in [3.8, 4) is 5.82 Å². The van der Waals surface area contributed by atoms with Crippen molar-refractivity contribution in [3.05, 3.63) is 106 Å². The van der Waals surface area contributed by atoms with E-state index < -0.39 is 23.7 Å². The minimum absolute atomic E-state index is 0.109. The van der Waals surface area contributed by atoms with Crippen LogP contribution in [0.15, 0.2) is 73.1 Å². The van der Waals surface area contributed by atoms with Crippen molar-refractivity contribution in [2.45, 2.75) is 31.6 Å². The first-order valence-corrected chi connectivity index (χ1v) is 14.0. The molecule has 2 aromatic carbocycles. The Morgan fingerprint density at radius 2 is 1.81 bits per heavy atom. The fraction of sp³-hybridized carbons (Fsp3) is 0.226. The molecule has 5 aromatic rings. The molecule has 5 heterocycles. The van der Waals surface area contributed by atoms with Gasteiger partial charge in [0.05, 0.1) is 23.3 Å². The molecule has 0 saturated heterocycles. The van der Waals surface area contributed by atoms with Gasteiger partial charge in [0.1, 0.15) is 17.0 Å². The van der Waals surface area contributed by atoms with E-state index in [0.717, 1.165) is 11.6 Å². The molecule has 0 bridgehead atoms. The second kappa shape index (κ2) is 9.98. The van der Waals surface area contributed by atoms with Crippen LogP contribution in [0, 0.1) is 0 Å². The number of anilines is 1. The number of carbonyl (C=O) groups is 2. The number of likely N-dealkylation sites (N-methyl/N-ethyl adjacent to an activating group) is 1. The van der Waals surface area contributed by atoms with Crippen molar-refractivity contribution in [1.82, 2.24) is 24.2 Å². The summed E-state index contributed by atoms with van der Waals surface area (Å²) in [4.78, 5) is 34.8. The number of halogens is 4. The summed E-state index contributed by atoms with van der Waals surface area (Å²) >= 11 is 6.66. The van der Waals surface area contributed by atoms with Crippen LogP contribution in [0.1, 0.15) is 32.7 Å². The first-order chi connectivity index (χ1) is 20.6. The summed E-state index contributed by atoms with van der Waals surface area (Å²) in [5.41, 5.74) is 2.61. The summed E-state index contributed by atoms with van der Waals surface area (Å²) in [6.45, 7) is 0.630. The van der Waals surface area contributed by atoms with E-state index in [4.69, 9.17) is 11.6 Å². The van der Waals surface area contributed by atoms with Gasteiger partial charge in [-0.3, -0.25) is 9.59 Å². The average molecular weight is 605 g/mol. The van der Waals surface area contributed by atoms with Gasteiger partial charge in [0, 0.05) is 43.4 Å². The highest BCUT2D eigenvalue weighted by molar-refractivity contribution is 6.31. The Kier molecular flexibility index (Phi) is 6.31. The minimum Gasteiger partial charge on any atom is -0.325 e. The SMILES string of the molecule is CN1C(=O)C(N2CCc3c(nn(Cc4ccccc4)c3Cl)C2=O)Cc2cn(-c3ncccc3C(F)(F)F)c3cccc1c23. The molecule has 12 heteroatoms. The topological polar surface area (TPSA) is 76.3 Å². The largest absolute Gasteiger partial charge is 0.419 e. The van der Waals surface area contributed by atoms with E-state index >= 15 is 0 Å². The first-order valence-electron chi connectivity index (χ1n) is 13.7. The van der Waals surface area contributed by atoms with Crippen molar-refractivity contribution >= 4 is 40.0 Å². The Morgan fingerprint density at radius 1 is 1.02 bits per heavy atom. The lowest BCUT2D eigenvalue weighted by Crippen LogP contribution is -2.53. The molecule has 0 saturated carbocycles. The number of aromatic nitrogens is 4. The zero-order chi connectivity index (χ0) is 30.0. The van der Waals surface area contributed by atoms with E-state index in [2.05, 4.69) is 10.1 Å². The van der Waals surface area contributed by atoms with E-state index in [1.165, 1.54) is 26.6 Å². The molecule has 2 amide bonds. The number of hydrogen-bond acceptors (Lipinski definition) is 4. The standard InChI is InChI=1S/C31H24ClF3N6O2/c1-38-22-10-5-11-23-25(22)19(17-40(23)28-21(31(33,34)35)9-6-13-36-28)15-24(29(38)42)39-14-12-20-26(30(39)43)37-41(27(20)32)16-18-7-3-2-4-8-18/h2-11,13,17,24H,12,14-16H2,1H3. The minimum atomic E-state index is -4.62. The quantitative estimate of drug-likeness (QED) is 0.270. The normalized spacial score (nSPS) is 17.0. The third-order valence-electron chi connectivity index (χ3n) is 8.20. The Morgan fingerprint density at radius 3 is 2.58 bits per heavy atom. The Labute approximate surface area is 248 Å². The van der Waals surface area contributed by atoms with Crippen LogP contribution in [0.5, 0.6) is 0 Å². The Balaban J connectivity index is 1.28. The molecular weight excluding hydrogens is 581 g/mol. The maximum absolute atomic E-state index is 13.9. The zero-order valence-electron chi connectivity index (χ0n) is 22.8. The van der Waals surface area contributed by atoms with Gasteiger partial charge in [-0.15, -0.1) is 0 Å². The molecule has 0 N–H and O–H groups in total. The number of alkyl halides is 3. The van der Waals surface area contributed by atoms with E-state index in [1.54, 1.807) is 36.1 Å². The predicted octanol–water partition coefficient (Wildman–Crippen LogP) is 5.53. The molecule has 7 rings (SSSR count). The molecule has 0 radical (unpaired) electrons. The van der Waals surface area contributed by atoms with Crippen molar-refractivity contribution in [2.24, 2.45) is 0 Å². The van der Waals surface area contributed by atoms with Crippen molar-refractivity contribution in [2.75, 3.05) is 18.5 Å². The first kappa shape index (κ1) is 27.2. The van der Waals surface area contributed by atoms with Gasteiger partial charge in [0.2, 0.25) is 5.91 Å². The van der Waals surface area contributed by atoms with Gasteiger partial charge < -0.3 is 14.4 Å². The van der Waals surface area contributed by atoms with E-state index in [1.807, 2.05) is 30.3 Å². The van der Waals surface area contributed by atoms with Crippen LogP contribution >= 0.6 is 11.6 Å². The van der Waals surface area contributed by atoms with Gasteiger partial charge in [0.15, 0.2) is 5.69 Å². The number of pyridine rings is 1. The van der Waals surface area contributed by atoms with Gasteiger partial charge in [-0.25, -0.2) is 9.67 Å². The van der Waals surface area contributed by atoms with Gasteiger partial charge in [-0.05, 0) is 41.8 Å². The van der Waals surface area contributed by atoms with Gasteiger partial charge >= 0.3 is 6.18 Å². The molecule has 0 spiro atoms. The molecule has 2 aliphatic rings. The molecular formula is C31H24ClF3N6O2. The lowest BCUT2D eigenvalue weighted by atomic mass is 10.0. The van der Waals surface area contributed by atoms with Gasteiger partial charge in [-0.2, -0.15) is 18.3 Å². The zero-order valence-corrected chi connectivity index (χ0v) is 23.6. The highest BCUT2D eigenvalue weighted by atomic mass is 35.5. The highest BCUT2D eigenvalue weighted by Gasteiger charge is 2.41. The number of rotatable bonds is 4. The average Bonchev–Trinajstić information content (AvgIpc) is 3.50. The van der Waals surface area contributed by atoms with Crippen molar-refractivity contribution in [3.63, 3.8) is 0 Å². The summed E-state index contributed by atoms with van der Waals surface area (Å²) in [5.74, 6) is -0.963. The van der Waals surface area contributed by atoms with E-state index in [0.29, 0.717) is 45.8 Å². The van der Waals surface area contributed by atoms with Crippen molar-refractivity contribution < 1.29 is 22.8 Å². The monoisotopic (exact) mass is 604 g/mol. The lowest BCUT2D eigenvalue weighted by molar-refractivity contribution is -0.137. The van der Waals surface area contributed by atoms with Crippen LogP contribution in [0.3, 0.4) is 0 Å². The number of nitrogens with zero attached hydrogens (tertiary/aromatic N) is 6. The maximum atomic E-state index is 13.9. The lowest BCUT2D eigenvalue weighted by Gasteiger charge is -2.34. The highest BCUT2D eigenvalue weighted by Crippen LogP contribution is 2.40. The molecule has 8 nitrogen and oxygen atoms in total. The number of fused-ring (bicyclic) bond motifs is 1. The molecule has 2 aliphatic heterocycles. The van der Waals surface area contributed by atoms with Crippen LogP contribution in [0.25, 0.3) is 16.7 Å². The molecule has 218 valence electrons. The van der Waals surface area contributed by atoms with Crippen LogP contribution in [0.2, 0.25) is 5.15 Å². The predicted molar refractivity (Wildman–Crippen MR) is 154 cm³/mol. The molecule has 43 heavy (non-hydrogen) atoms. The summed E-state index contributed by atoms with van der Waals surface area (Å²) in [6, 6.07) is 16.1. The molecule has 1 atom stereocenters. The fourth-order valence-electron chi connectivity index (χ4n) is 6.15. The Hall–Kier alpha value is -4.64. The number of benzene rings is 2. The molecule has 0 aliphatic carbocycles. The summed E-state index contributed by atoms with van der Waals surface area (Å²) in [6.07, 6.45) is -1.19. The van der Waals surface area contributed by atoms with Crippen LogP contribution in [0.4, 0.5) is 18.9 Å². The molecule has 3 aromatic heterocycles. The van der Waals surface area contributed by atoms with E-state index in [9.17, 15) is 22.8 Å². The third kappa shape index (κ3) is 4.37. The second-order valence-corrected chi connectivity index (χ2v) is 11.1. The molecule has 0 fully saturated rings. The smallest absolute Gasteiger partial charge is 0.325 e. The molecule has 1 unspecified atom stereocenters. The van der Waals surface area contributed by atoms with Crippen LogP contribution < -0.4 is 4.90 Å².